The van der Waals surface area contributed by atoms with Crippen molar-refractivity contribution in [1.82, 2.24) is 14.8 Å². The van der Waals surface area contributed by atoms with Crippen molar-refractivity contribution in [3.05, 3.63) is 94.4 Å². The predicted octanol–water partition coefficient (Wildman–Crippen LogP) is 5.69. The van der Waals surface area contributed by atoms with Crippen LogP contribution in [0.4, 0.5) is 4.39 Å². The molecule has 0 amide bonds. The van der Waals surface area contributed by atoms with Crippen molar-refractivity contribution in [2.75, 3.05) is 0 Å². The Bertz CT molecular complexity index is 1070. The molecule has 0 saturated heterocycles. The maximum absolute atomic E-state index is 14.2. The summed E-state index contributed by atoms with van der Waals surface area (Å²) < 4.78 is 28.1. The number of hydrogen-bond acceptors (Lipinski definition) is 5. The lowest BCUT2D eigenvalue weighted by Gasteiger charge is -2.10. The normalized spacial score (nSPS) is 11.0. The molecule has 0 spiro atoms. The number of furan rings is 1. The van der Waals surface area contributed by atoms with E-state index < -0.39 is 0 Å². The molecule has 0 aliphatic carbocycles. The van der Waals surface area contributed by atoms with Crippen molar-refractivity contribution in [2.24, 2.45) is 0 Å². The number of hydrogen-bond donors (Lipinski definition) is 0. The smallest absolute Gasteiger partial charge is 0.192 e. The highest BCUT2D eigenvalue weighted by molar-refractivity contribution is 9.10. The number of thioether (sulfide) groups is 1. The van der Waals surface area contributed by atoms with Crippen LogP contribution in [0, 0.1) is 5.82 Å². The minimum absolute atomic E-state index is 0.253. The summed E-state index contributed by atoms with van der Waals surface area (Å²) >= 11 is 4.70. The van der Waals surface area contributed by atoms with Crippen molar-refractivity contribution < 1.29 is 13.5 Å². The summed E-state index contributed by atoms with van der Waals surface area (Å²) in [5.74, 6) is 2.39. The first-order valence-electron chi connectivity index (χ1n) is 8.88. The molecule has 29 heavy (non-hydrogen) atoms. The molecule has 148 valence electrons. The second-order valence-electron chi connectivity index (χ2n) is 6.19. The predicted molar refractivity (Wildman–Crippen MR) is 112 cm³/mol. The van der Waals surface area contributed by atoms with Crippen molar-refractivity contribution in [1.29, 1.82) is 0 Å². The monoisotopic (exact) mass is 473 g/mol. The Kier molecular flexibility index (Phi) is 6.31. The third-order valence-corrected chi connectivity index (χ3v) is 5.68. The second-order valence-corrected chi connectivity index (χ2v) is 8.05. The van der Waals surface area contributed by atoms with E-state index in [0.717, 1.165) is 11.5 Å². The molecule has 0 unspecified atom stereocenters. The van der Waals surface area contributed by atoms with Gasteiger partial charge in [-0.3, -0.25) is 4.57 Å². The zero-order chi connectivity index (χ0) is 20.1. The number of halogens is 2. The minimum Gasteiger partial charge on any atom is -0.486 e. The number of rotatable bonds is 8. The number of para-hydroxylation sites is 1. The Labute approximate surface area is 180 Å². The Morgan fingerprint density at radius 1 is 1.07 bits per heavy atom. The molecular formula is C21H17BrFN3O2S. The van der Waals surface area contributed by atoms with Crippen LogP contribution in [0.25, 0.3) is 0 Å². The van der Waals surface area contributed by atoms with Gasteiger partial charge in [0.05, 0.1) is 12.8 Å². The molecule has 0 saturated carbocycles. The Balaban J connectivity index is 1.53. The number of benzene rings is 2. The fourth-order valence-corrected chi connectivity index (χ4v) is 3.97. The molecule has 0 atom stereocenters. The summed E-state index contributed by atoms with van der Waals surface area (Å²) in [4.78, 5) is 0. The molecule has 8 heteroatoms. The van der Waals surface area contributed by atoms with E-state index in [0.29, 0.717) is 33.3 Å². The maximum Gasteiger partial charge on any atom is 0.192 e. The van der Waals surface area contributed by atoms with Crippen molar-refractivity contribution in [3.8, 4) is 5.75 Å². The summed E-state index contributed by atoms with van der Waals surface area (Å²) in [7, 11) is 0. The molecule has 4 aromatic rings. The van der Waals surface area contributed by atoms with Gasteiger partial charge in [0.25, 0.3) is 0 Å². The van der Waals surface area contributed by atoms with Gasteiger partial charge in [-0.15, -0.1) is 10.2 Å². The summed E-state index contributed by atoms with van der Waals surface area (Å²) in [5.41, 5.74) is 0.604. The first-order valence-corrected chi connectivity index (χ1v) is 10.7. The maximum atomic E-state index is 14.2. The molecule has 4 rings (SSSR count). The van der Waals surface area contributed by atoms with Gasteiger partial charge in [0.1, 0.15) is 23.9 Å². The van der Waals surface area contributed by atoms with Crippen LogP contribution in [-0.2, 0) is 18.9 Å². The van der Waals surface area contributed by atoms with Crippen LogP contribution >= 0.6 is 27.7 Å². The molecule has 0 radical (unpaired) electrons. The number of aromatic nitrogens is 3. The molecule has 0 bridgehead atoms. The van der Waals surface area contributed by atoms with Crippen LogP contribution < -0.4 is 4.74 Å². The lowest BCUT2D eigenvalue weighted by Crippen LogP contribution is -2.09. The molecule has 2 aromatic carbocycles. The van der Waals surface area contributed by atoms with Crippen molar-refractivity contribution in [2.45, 2.75) is 24.1 Å². The molecule has 5 nitrogen and oxygen atoms in total. The van der Waals surface area contributed by atoms with Crippen LogP contribution in [-0.4, -0.2) is 14.8 Å². The van der Waals surface area contributed by atoms with E-state index in [9.17, 15) is 4.39 Å². The van der Waals surface area contributed by atoms with Gasteiger partial charge >= 0.3 is 0 Å². The standard InChI is InChI=1S/C21H17BrFN3O2S/c22-16-9-8-15(19(23)11-16)14-29-21-25-24-20(13-28-17-5-2-1-3-6-17)26(21)12-18-7-4-10-27-18/h1-11H,12-14H2. The fourth-order valence-electron chi connectivity index (χ4n) is 2.70. The van der Waals surface area contributed by atoms with Gasteiger partial charge in [-0.05, 0) is 42.0 Å². The van der Waals surface area contributed by atoms with E-state index in [1.54, 1.807) is 12.3 Å². The zero-order valence-corrected chi connectivity index (χ0v) is 17.7. The van der Waals surface area contributed by atoms with Crippen LogP contribution in [0.3, 0.4) is 0 Å². The highest BCUT2D eigenvalue weighted by Gasteiger charge is 2.16. The SMILES string of the molecule is Fc1cc(Br)ccc1CSc1nnc(COc2ccccc2)n1Cc1ccco1. The molecule has 0 aliphatic rings. The van der Waals surface area contributed by atoms with Gasteiger partial charge in [0.2, 0.25) is 0 Å². The second kappa shape index (κ2) is 9.28. The summed E-state index contributed by atoms with van der Waals surface area (Å²) in [6.45, 7) is 0.740. The van der Waals surface area contributed by atoms with Gasteiger partial charge in [-0.2, -0.15) is 0 Å². The Hall–Kier alpha value is -2.58. The molecule has 2 aromatic heterocycles. The molecule has 0 N–H and O–H groups in total. The molecule has 0 fully saturated rings. The number of nitrogens with zero attached hydrogens (tertiary/aromatic N) is 3. The van der Waals surface area contributed by atoms with Gasteiger partial charge in [0.15, 0.2) is 11.0 Å². The molecule has 2 heterocycles. The largest absolute Gasteiger partial charge is 0.486 e. The van der Waals surface area contributed by atoms with E-state index in [4.69, 9.17) is 9.15 Å². The Morgan fingerprint density at radius 2 is 1.93 bits per heavy atom. The minimum atomic E-state index is -0.253. The lowest BCUT2D eigenvalue weighted by atomic mass is 10.2. The summed E-state index contributed by atoms with van der Waals surface area (Å²) in [5, 5.41) is 9.25. The third kappa shape index (κ3) is 5.07. The third-order valence-electron chi connectivity index (χ3n) is 4.17. The highest BCUT2D eigenvalue weighted by atomic mass is 79.9. The lowest BCUT2D eigenvalue weighted by molar-refractivity contribution is 0.287. The quantitative estimate of drug-likeness (QED) is 0.307. The van der Waals surface area contributed by atoms with Crippen LogP contribution in [0.2, 0.25) is 0 Å². The van der Waals surface area contributed by atoms with Gasteiger partial charge < -0.3 is 9.15 Å². The molecular weight excluding hydrogens is 457 g/mol. The van der Waals surface area contributed by atoms with E-state index in [1.807, 2.05) is 53.1 Å². The summed E-state index contributed by atoms with van der Waals surface area (Å²) in [6, 6.07) is 18.3. The average molecular weight is 474 g/mol. The average Bonchev–Trinajstić information content (AvgIpc) is 3.37. The van der Waals surface area contributed by atoms with Gasteiger partial charge in [-0.1, -0.05) is 52.0 Å². The van der Waals surface area contributed by atoms with E-state index >= 15 is 0 Å². The highest BCUT2D eigenvalue weighted by Crippen LogP contribution is 2.26. The zero-order valence-electron chi connectivity index (χ0n) is 15.3. The number of ether oxygens (including phenoxy) is 1. The summed E-state index contributed by atoms with van der Waals surface area (Å²) in [6.07, 6.45) is 1.63. The van der Waals surface area contributed by atoms with E-state index in [1.165, 1.54) is 17.8 Å². The Morgan fingerprint density at radius 3 is 2.69 bits per heavy atom. The van der Waals surface area contributed by atoms with Crippen molar-refractivity contribution >= 4 is 27.7 Å². The fraction of sp³-hybridized carbons (Fsp3) is 0.143. The van der Waals surface area contributed by atoms with Crippen molar-refractivity contribution in [3.63, 3.8) is 0 Å². The van der Waals surface area contributed by atoms with Crippen LogP contribution in [0.5, 0.6) is 5.75 Å². The van der Waals surface area contributed by atoms with Crippen LogP contribution in [0.15, 0.2) is 81.0 Å². The van der Waals surface area contributed by atoms with Gasteiger partial charge in [-0.25, -0.2) is 4.39 Å². The first-order chi connectivity index (χ1) is 14.2. The van der Waals surface area contributed by atoms with Crippen LogP contribution in [0.1, 0.15) is 17.1 Å². The van der Waals surface area contributed by atoms with E-state index in [2.05, 4.69) is 26.1 Å². The topological polar surface area (TPSA) is 53.1 Å². The van der Waals surface area contributed by atoms with E-state index in [-0.39, 0.29) is 12.4 Å². The molecule has 0 aliphatic heterocycles. The first kappa shape index (κ1) is 19.7. The van der Waals surface area contributed by atoms with Gasteiger partial charge in [0, 0.05) is 10.2 Å².